The lowest BCUT2D eigenvalue weighted by Gasteiger charge is -2.39. The van der Waals surface area contributed by atoms with Crippen molar-refractivity contribution < 1.29 is 65.9 Å². The number of likely N-dealkylation sites (N-methyl/N-ethyl adjacent to an activating group) is 6. The van der Waals surface area contributed by atoms with Crippen LogP contribution in [0.25, 0.3) is 0 Å². The van der Waals surface area contributed by atoms with Gasteiger partial charge in [0.25, 0.3) is 0 Å². The van der Waals surface area contributed by atoms with E-state index in [1.807, 2.05) is 39.8 Å². The second-order valence-electron chi connectivity index (χ2n) is 26.0. The van der Waals surface area contributed by atoms with E-state index in [2.05, 4.69) is 21.3 Å². The zero-order chi connectivity index (χ0) is 68.1. The van der Waals surface area contributed by atoms with Gasteiger partial charge in [0.15, 0.2) is 0 Å². The minimum absolute atomic E-state index is 0.0422. The van der Waals surface area contributed by atoms with Crippen molar-refractivity contribution in [2.75, 3.05) is 68.5 Å². The molecule has 8 atom stereocenters. The normalized spacial score (nSPS) is 24.9. The predicted molar refractivity (Wildman–Crippen MR) is 336 cm³/mol. The van der Waals surface area contributed by atoms with Crippen molar-refractivity contribution in [2.24, 2.45) is 17.8 Å². The SMILES string of the molecule is CC[C@H](C)[C@@H]1NC(=O)[C@H](CC(C)C)N(C)C(=O)C[C@@H](C)NC(=O)[C@H](C(C)C)N(C)C(=O)C2(CCCC2)NC(=O)[C@@H]2CCCN2C(=O)[C@H](CCc2ccc(C(F)(F)F)c(Cl)c2)NC(=O)CN(C)C(=O)[C@H](Cc2cccc(C)c2)N(C)C(=O)CN(C)C(=O)CN(C)C1=O. The molecule has 1 spiro atoms. The molecule has 2 saturated heterocycles. The molecule has 504 valence electrons. The summed E-state index contributed by atoms with van der Waals surface area (Å²) < 4.78 is 41.3. The molecule has 0 unspecified atom stereocenters. The summed E-state index contributed by atoms with van der Waals surface area (Å²) in [6.45, 7) is 12.6. The van der Waals surface area contributed by atoms with Gasteiger partial charge >= 0.3 is 6.18 Å². The number of hydrogen-bond donors (Lipinski definition) is 4. The lowest BCUT2D eigenvalue weighted by molar-refractivity contribution is -0.149. The smallest absolute Gasteiger partial charge is 0.351 e. The highest BCUT2D eigenvalue weighted by atomic mass is 35.5. The summed E-state index contributed by atoms with van der Waals surface area (Å²) in [4.78, 5) is 168. The molecule has 1 saturated carbocycles. The summed E-state index contributed by atoms with van der Waals surface area (Å²) in [5, 5.41) is 10.9. The van der Waals surface area contributed by atoms with Crippen LogP contribution in [0.4, 0.5) is 13.2 Å². The van der Waals surface area contributed by atoms with Crippen molar-refractivity contribution in [3.05, 3.63) is 69.7 Å². The Labute approximate surface area is 538 Å². The second-order valence-corrected chi connectivity index (χ2v) is 26.4. The number of alkyl halides is 3. The van der Waals surface area contributed by atoms with Gasteiger partial charge < -0.3 is 55.6 Å². The number of rotatable bonds is 10. The number of fused-ring (bicyclic) bond motifs is 1. The van der Waals surface area contributed by atoms with E-state index in [-0.39, 0.29) is 63.8 Å². The van der Waals surface area contributed by atoms with Gasteiger partial charge in [0, 0.05) is 67.7 Å². The Morgan fingerprint density at radius 3 is 1.89 bits per heavy atom. The summed E-state index contributed by atoms with van der Waals surface area (Å²) in [7, 11) is 8.38. The van der Waals surface area contributed by atoms with E-state index in [4.69, 9.17) is 11.6 Å². The first kappa shape index (κ1) is 74.4. The number of carbonyl (C=O) groups is 11. The minimum atomic E-state index is -4.75. The van der Waals surface area contributed by atoms with E-state index in [0.717, 1.165) is 37.3 Å². The Bertz CT molecular complexity index is 3000. The van der Waals surface area contributed by atoms with Crippen molar-refractivity contribution >= 4 is 76.6 Å². The van der Waals surface area contributed by atoms with E-state index in [0.29, 0.717) is 36.8 Å². The van der Waals surface area contributed by atoms with E-state index in [9.17, 15) is 65.9 Å². The Morgan fingerprint density at radius 1 is 0.670 bits per heavy atom. The molecule has 91 heavy (non-hydrogen) atoms. The van der Waals surface area contributed by atoms with Crippen LogP contribution in [-0.4, -0.2) is 216 Å². The van der Waals surface area contributed by atoms with Crippen molar-refractivity contribution in [1.82, 2.24) is 55.6 Å². The highest BCUT2D eigenvalue weighted by molar-refractivity contribution is 6.31. The highest BCUT2D eigenvalue weighted by Gasteiger charge is 2.49. The van der Waals surface area contributed by atoms with Gasteiger partial charge in [-0.1, -0.05) is 108 Å². The topological polar surface area (TPSA) is 259 Å². The molecule has 0 radical (unpaired) electrons. The standard InChI is InChI=1S/C65H95ClF3N11O11/c1-15-41(7)55-62(90)76(11)36-53(83)74(9)37-54(84)78(13)50(34-44-21-18-20-40(6)31-44)61(89)75(10)35-51(81)71-47(26-24-43-23-25-45(46(66)33-43)65(67,68)69)60(88)80-29-19-22-48(80)58(86)73-64(27-16-17-28-64)63(91)79(14)56(39(4)5)59(87)70-42(8)32-52(82)77(12)49(30-38(2)3)57(85)72-55/h18,20-21,23,25,31,33,38-39,41-42,47-50,55-56H,15-17,19,22,24,26-30,32,34-37H2,1-14H3,(H,70,87)(H,71,81)(H,72,85)(H,73,86)/t41-,42+,47-,48-,49-,50-,55-,56-/m0/s1. The summed E-state index contributed by atoms with van der Waals surface area (Å²) >= 11 is 6.11. The van der Waals surface area contributed by atoms with Gasteiger partial charge in [-0.15, -0.1) is 0 Å². The van der Waals surface area contributed by atoms with Crippen LogP contribution in [0.3, 0.4) is 0 Å². The minimum Gasteiger partial charge on any atom is -0.351 e. The number of hydrogen-bond acceptors (Lipinski definition) is 11. The Hall–Kier alpha value is -7.31. The van der Waals surface area contributed by atoms with Crippen LogP contribution in [0.15, 0.2) is 42.5 Å². The highest BCUT2D eigenvalue weighted by Crippen LogP contribution is 2.36. The number of amides is 11. The average molecular weight is 1300 g/mol. The summed E-state index contributed by atoms with van der Waals surface area (Å²) in [5.41, 5.74) is -0.780. The first-order valence-corrected chi connectivity index (χ1v) is 31.9. The van der Waals surface area contributed by atoms with E-state index in [1.165, 1.54) is 63.1 Å². The quantitative estimate of drug-likeness (QED) is 0.253. The molecule has 4 N–H and O–H groups in total. The molecule has 26 heteroatoms. The number of nitrogens with zero attached hydrogens (tertiary/aromatic N) is 7. The van der Waals surface area contributed by atoms with Crippen molar-refractivity contribution in [2.45, 2.75) is 186 Å². The Kier molecular flexibility index (Phi) is 26.4. The van der Waals surface area contributed by atoms with Crippen LogP contribution >= 0.6 is 11.6 Å². The summed E-state index contributed by atoms with van der Waals surface area (Å²) in [6.07, 6.45) is -2.75. The predicted octanol–water partition coefficient (Wildman–Crippen LogP) is 4.74. The zero-order valence-corrected chi connectivity index (χ0v) is 56.0. The van der Waals surface area contributed by atoms with Gasteiger partial charge in [0.05, 0.1) is 30.2 Å². The van der Waals surface area contributed by atoms with Gasteiger partial charge in [-0.2, -0.15) is 13.2 Å². The molecule has 0 bridgehead atoms. The summed E-state index contributed by atoms with van der Waals surface area (Å²) in [5.74, 6) is -8.19. The second kappa shape index (κ2) is 32.3. The lowest BCUT2D eigenvalue weighted by Crippen LogP contribution is -2.64. The monoisotopic (exact) mass is 1300 g/mol. The largest absolute Gasteiger partial charge is 0.417 e. The third-order valence-corrected chi connectivity index (χ3v) is 18.2. The fraction of sp³-hybridized carbons (Fsp3) is 0.646. The molecule has 11 amide bonds. The fourth-order valence-electron chi connectivity index (χ4n) is 12.3. The first-order valence-electron chi connectivity index (χ1n) is 31.5. The molecule has 3 aliphatic rings. The maximum Gasteiger partial charge on any atom is 0.417 e. The third kappa shape index (κ3) is 19.4. The van der Waals surface area contributed by atoms with Gasteiger partial charge in [-0.3, -0.25) is 52.7 Å². The van der Waals surface area contributed by atoms with Crippen molar-refractivity contribution in [3.63, 3.8) is 0 Å². The zero-order valence-electron chi connectivity index (χ0n) is 55.3. The van der Waals surface area contributed by atoms with Crippen molar-refractivity contribution in [3.8, 4) is 0 Å². The van der Waals surface area contributed by atoms with Crippen LogP contribution in [0.5, 0.6) is 0 Å². The molecule has 2 aromatic rings. The molecule has 5 rings (SSSR count). The molecular formula is C65H95ClF3N11O11. The lowest BCUT2D eigenvalue weighted by atomic mass is 9.92. The number of aryl methyl sites for hydroxylation is 2. The maximum absolute atomic E-state index is 15.0. The molecule has 22 nitrogen and oxygen atoms in total. The van der Waals surface area contributed by atoms with E-state index in [1.54, 1.807) is 39.8 Å². The van der Waals surface area contributed by atoms with Crippen LogP contribution in [0.2, 0.25) is 5.02 Å². The molecule has 2 heterocycles. The molecule has 3 fully saturated rings. The molecule has 0 aromatic heterocycles. The maximum atomic E-state index is 15.0. The Balaban J connectivity index is 1.56. The van der Waals surface area contributed by atoms with Gasteiger partial charge in [-0.05, 0) is 99.8 Å². The van der Waals surface area contributed by atoms with Crippen molar-refractivity contribution in [1.29, 1.82) is 0 Å². The number of halogens is 4. The number of nitrogens with one attached hydrogen (secondary N) is 4. The molecule has 2 aliphatic heterocycles. The molecular weight excluding hydrogens is 1200 g/mol. The third-order valence-electron chi connectivity index (χ3n) is 17.9. The van der Waals surface area contributed by atoms with Gasteiger partial charge in [-0.25, -0.2) is 0 Å². The van der Waals surface area contributed by atoms with Crippen LogP contribution in [-0.2, 0) is 71.8 Å². The van der Waals surface area contributed by atoms with Crippen LogP contribution in [0, 0.1) is 24.7 Å². The van der Waals surface area contributed by atoms with Gasteiger partial charge in [0.1, 0.15) is 41.8 Å². The average Bonchev–Trinajstić information content (AvgIpc) is 1.75. The number of carbonyl (C=O) groups excluding carboxylic acids is 11. The van der Waals surface area contributed by atoms with Gasteiger partial charge in [0.2, 0.25) is 65.0 Å². The van der Waals surface area contributed by atoms with Crippen LogP contribution in [0.1, 0.15) is 135 Å². The first-order chi connectivity index (χ1) is 42.5. The summed E-state index contributed by atoms with van der Waals surface area (Å²) in [6, 6.07) is 2.34. The number of benzene rings is 2. The fourth-order valence-corrected chi connectivity index (χ4v) is 12.6. The van der Waals surface area contributed by atoms with E-state index < -0.39 is 161 Å². The van der Waals surface area contributed by atoms with E-state index >= 15 is 0 Å². The molecule has 2 aromatic carbocycles. The van der Waals surface area contributed by atoms with Crippen LogP contribution < -0.4 is 21.3 Å². The Morgan fingerprint density at radius 2 is 1.30 bits per heavy atom. The molecule has 1 aliphatic carbocycles.